The maximum Gasteiger partial charge on any atom is 0.166 e. The molecule has 29 heavy (non-hydrogen) atoms. The van der Waals surface area contributed by atoms with E-state index in [4.69, 9.17) is 15.2 Å². The van der Waals surface area contributed by atoms with Gasteiger partial charge < -0.3 is 24.9 Å². The largest absolute Gasteiger partial charge is 0.493 e. The van der Waals surface area contributed by atoms with E-state index in [-0.39, 0.29) is 6.10 Å². The number of nitrogen functional groups attached to an aromatic ring is 1. The van der Waals surface area contributed by atoms with Crippen molar-refractivity contribution in [2.24, 2.45) is 0 Å². The average Bonchev–Trinajstić information content (AvgIpc) is 3.34. The molecule has 154 valence electrons. The van der Waals surface area contributed by atoms with Gasteiger partial charge in [-0.2, -0.15) is 0 Å². The number of nitrogens with zero attached hydrogens (tertiary/aromatic N) is 4. The highest BCUT2D eigenvalue weighted by atomic mass is 16.5. The van der Waals surface area contributed by atoms with E-state index >= 15 is 0 Å². The van der Waals surface area contributed by atoms with Crippen LogP contribution >= 0.6 is 0 Å². The van der Waals surface area contributed by atoms with Crippen molar-refractivity contribution in [2.45, 2.75) is 57.8 Å². The maximum atomic E-state index is 10.3. The number of methoxy groups -OCH3 is 1. The molecule has 0 bridgehead atoms. The Kier molecular flexibility index (Phi) is 5.04. The lowest BCUT2D eigenvalue weighted by Crippen LogP contribution is -2.17. The Hall–Kier alpha value is -2.87. The Labute approximate surface area is 170 Å². The van der Waals surface area contributed by atoms with Crippen LogP contribution in [0.4, 0.5) is 5.82 Å². The fourth-order valence-corrected chi connectivity index (χ4v) is 3.64. The molecule has 1 fully saturated rings. The second-order valence-electron chi connectivity index (χ2n) is 8.05. The van der Waals surface area contributed by atoms with E-state index in [1.807, 2.05) is 22.8 Å². The number of rotatable bonds is 6. The van der Waals surface area contributed by atoms with Crippen molar-refractivity contribution >= 4 is 5.82 Å². The van der Waals surface area contributed by atoms with Gasteiger partial charge in [-0.15, -0.1) is 0 Å². The molecule has 0 spiro atoms. The van der Waals surface area contributed by atoms with Crippen LogP contribution in [-0.4, -0.2) is 37.8 Å². The standard InChI is InChI=1S/C21H27N5O3/c1-21(2,27)20-24-17-18(22)23-12-26(19(17)25-20)11-13-8-9-15(28-3)16(10-13)29-14-6-4-5-7-14/h8-10,12,14,27H,4-7,11,22H2,1-3H3. The van der Waals surface area contributed by atoms with E-state index in [1.165, 1.54) is 12.8 Å². The quantitative estimate of drug-likeness (QED) is 0.658. The highest BCUT2D eigenvalue weighted by molar-refractivity contribution is 5.65. The summed E-state index contributed by atoms with van der Waals surface area (Å²) in [5.41, 5.74) is 6.33. The summed E-state index contributed by atoms with van der Waals surface area (Å²) in [6, 6.07) is 5.91. The van der Waals surface area contributed by atoms with Crippen molar-refractivity contribution in [2.75, 3.05) is 12.8 Å². The lowest BCUT2D eigenvalue weighted by atomic mass is 10.1. The number of nitrogens with two attached hydrogens (primary N) is 1. The summed E-state index contributed by atoms with van der Waals surface area (Å²) >= 11 is 0. The minimum Gasteiger partial charge on any atom is -0.493 e. The SMILES string of the molecule is COc1ccc(Cn2cnc(N)c3nc(C(C)(C)O)nc2-3)cc1OC1CCCC1. The zero-order valence-corrected chi connectivity index (χ0v) is 17.1. The molecule has 1 aromatic rings. The number of hydrogen-bond acceptors (Lipinski definition) is 7. The summed E-state index contributed by atoms with van der Waals surface area (Å²) in [7, 11) is 1.65. The molecule has 2 aliphatic heterocycles. The predicted molar refractivity (Wildman–Crippen MR) is 109 cm³/mol. The van der Waals surface area contributed by atoms with Gasteiger partial charge in [-0.1, -0.05) is 6.07 Å². The van der Waals surface area contributed by atoms with Crippen molar-refractivity contribution in [3.05, 3.63) is 35.9 Å². The molecule has 1 aliphatic carbocycles. The number of ether oxygens (including phenoxy) is 2. The van der Waals surface area contributed by atoms with Crippen molar-refractivity contribution in [3.8, 4) is 23.0 Å². The smallest absolute Gasteiger partial charge is 0.166 e. The molecule has 0 amide bonds. The van der Waals surface area contributed by atoms with Crippen molar-refractivity contribution in [1.82, 2.24) is 19.5 Å². The predicted octanol–water partition coefficient (Wildman–Crippen LogP) is 2.97. The second kappa shape index (κ2) is 7.51. The molecule has 8 nitrogen and oxygen atoms in total. The first-order valence-electron chi connectivity index (χ1n) is 9.90. The third-order valence-electron chi connectivity index (χ3n) is 5.22. The molecule has 1 aromatic carbocycles. The van der Waals surface area contributed by atoms with Gasteiger partial charge in [0, 0.05) is 0 Å². The summed E-state index contributed by atoms with van der Waals surface area (Å²) in [5, 5.41) is 10.3. The van der Waals surface area contributed by atoms with Gasteiger partial charge in [0.15, 0.2) is 34.7 Å². The third-order valence-corrected chi connectivity index (χ3v) is 5.22. The first-order chi connectivity index (χ1) is 13.8. The van der Waals surface area contributed by atoms with Crippen LogP contribution in [0, 0.1) is 0 Å². The molecule has 0 unspecified atom stereocenters. The Morgan fingerprint density at radius 2 is 1.97 bits per heavy atom. The van der Waals surface area contributed by atoms with E-state index in [2.05, 4.69) is 15.0 Å². The topological polar surface area (TPSA) is 108 Å². The molecule has 0 saturated heterocycles. The van der Waals surface area contributed by atoms with Crippen LogP contribution < -0.4 is 15.2 Å². The number of benzene rings is 1. The van der Waals surface area contributed by atoms with E-state index in [1.54, 1.807) is 27.3 Å². The maximum absolute atomic E-state index is 10.3. The molecule has 0 atom stereocenters. The van der Waals surface area contributed by atoms with E-state index in [9.17, 15) is 5.11 Å². The number of aromatic nitrogens is 4. The van der Waals surface area contributed by atoms with Crippen LogP contribution in [-0.2, 0) is 12.1 Å². The molecule has 0 radical (unpaired) electrons. The molecular formula is C21H27N5O3. The van der Waals surface area contributed by atoms with E-state index in [0.717, 1.165) is 29.9 Å². The molecule has 1 saturated carbocycles. The average molecular weight is 397 g/mol. The number of imidazole rings is 1. The third kappa shape index (κ3) is 3.98. The Morgan fingerprint density at radius 1 is 1.21 bits per heavy atom. The van der Waals surface area contributed by atoms with Crippen LogP contribution in [0.3, 0.4) is 0 Å². The van der Waals surface area contributed by atoms with Crippen molar-refractivity contribution < 1.29 is 14.6 Å². The summed E-state index contributed by atoms with van der Waals surface area (Å²) in [4.78, 5) is 13.1. The fraction of sp³-hybridized carbons (Fsp3) is 0.476. The molecule has 3 N–H and O–H groups in total. The van der Waals surface area contributed by atoms with Gasteiger partial charge in [0.1, 0.15) is 5.60 Å². The Bertz CT molecular complexity index is 973. The zero-order chi connectivity index (χ0) is 20.6. The molecule has 0 aromatic heterocycles. The number of hydrogen-bond donors (Lipinski definition) is 2. The van der Waals surface area contributed by atoms with Gasteiger partial charge in [-0.25, -0.2) is 15.0 Å². The highest BCUT2D eigenvalue weighted by Crippen LogP contribution is 2.33. The highest BCUT2D eigenvalue weighted by Gasteiger charge is 2.27. The summed E-state index contributed by atoms with van der Waals surface area (Å²) in [6.07, 6.45) is 6.45. The number of fused-ring (bicyclic) bond motifs is 1. The van der Waals surface area contributed by atoms with Gasteiger partial charge in [0.25, 0.3) is 0 Å². The van der Waals surface area contributed by atoms with E-state index in [0.29, 0.717) is 29.7 Å². The number of aliphatic hydroxyl groups is 1. The lowest BCUT2D eigenvalue weighted by Gasteiger charge is -2.17. The summed E-state index contributed by atoms with van der Waals surface area (Å²) in [6.45, 7) is 3.80. The summed E-state index contributed by atoms with van der Waals surface area (Å²) in [5.74, 6) is 2.68. The minimum atomic E-state index is -1.16. The minimum absolute atomic E-state index is 0.243. The molecule has 2 heterocycles. The molecular weight excluding hydrogens is 370 g/mol. The fourth-order valence-electron chi connectivity index (χ4n) is 3.64. The number of anilines is 1. The normalized spacial score (nSPS) is 15.2. The molecule has 8 heteroatoms. The van der Waals surface area contributed by atoms with Crippen LogP contribution in [0.2, 0.25) is 0 Å². The van der Waals surface area contributed by atoms with Crippen molar-refractivity contribution in [3.63, 3.8) is 0 Å². The first-order valence-corrected chi connectivity index (χ1v) is 9.90. The van der Waals surface area contributed by atoms with Crippen LogP contribution in [0.5, 0.6) is 11.5 Å². The Balaban J connectivity index is 1.66. The monoisotopic (exact) mass is 397 g/mol. The van der Waals surface area contributed by atoms with Crippen LogP contribution in [0.15, 0.2) is 24.5 Å². The zero-order valence-electron chi connectivity index (χ0n) is 17.1. The van der Waals surface area contributed by atoms with Gasteiger partial charge in [-0.3, -0.25) is 0 Å². The van der Waals surface area contributed by atoms with Gasteiger partial charge in [0.05, 0.1) is 26.1 Å². The Morgan fingerprint density at radius 3 is 2.66 bits per heavy atom. The first kappa shape index (κ1) is 19.4. The summed E-state index contributed by atoms with van der Waals surface area (Å²) < 4.78 is 13.5. The molecule has 3 aliphatic rings. The van der Waals surface area contributed by atoms with Gasteiger partial charge in [0.2, 0.25) is 0 Å². The van der Waals surface area contributed by atoms with Crippen LogP contribution in [0.1, 0.15) is 50.9 Å². The molecule has 4 rings (SSSR count). The second-order valence-corrected chi connectivity index (χ2v) is 8.05. The van der Waals surface area contributed by atoms with Gasteiger partial charge in [-0.05, 0) is 57.2 Å². The van der Waals surface area contributed by atoms with Crippen LogP contribution in [0.25, 0.3) is 11.5 Å². The van der Waals surface area contributed by atoms with E-state index < -0.39 is 5.60 Å². The lowest BCUT2D eigenvalue weighted by molar-refractivity contribution is 0.0698. The van der Waals surface area contributed by atoms with Crippen molar-refractivity contribution in [1.29, 1.82) is 0 Å². The van der Waals surface area contributed by atoms with Gasteiger partial charge >= 0.3 is 0 Å².